The first-order valence-electron chi connectivity index (χ1n) is 6.70. The van der Waals surface area contributed by atoms with Gasteiger partial charge in [0.05, 0.1) is 12.3 Å². The number of carbonyl (C=O) groups excluding carboxylic acids is 1. The Balaban J connectivity index is 1.91. The molecule has 0 aliphatic carbocycles. The van der Waals surface area contributed by atoms with Crippen LogP contribution in [-0.2, 0) is 11.2 Å². The molecule has 0 saturated carbocycles. The number of aromatic nitrogens is 1. The number of hydrogen-bond acceptors (Lipinski definition) is 3. The molecule has 4 heteroatoms. The van der Waals surface area contributed by atoms with Gasteiger partial charge in [-0.1, -0.05) is 18.2 Å². The van der Waals surface area contributed by atoms with Crippen molar-refractivity contribution in [2.24, 2.45) is 0 Å². The second kappa shape index (κ2) is 7.28. The molecule has 1 heterocycles. The van der Waals surface area contributed by atoms with E-state index in [1.807, 2.05) is 43.3 Å². The largest absolute Gasteiger partial charge is 0.492 e. The molecule has 0 fully saturated rings. The summed E-state index contributed by atoms with van der Waals surface area (Å²) in [5.74, 6) is 0.672. The topological polar surface area (TPSA) is 51.2 Å². The van der Waals surface area contributed by atoms with Crippen LogP contribution in [0.3, 0.4) is 0 Å². The smallest absolute Gasteiger partial charge is 0.224 e. The van der Waals surface area contributed by atoms with Crippen LogP contribution in [0.25, 0.3) is 0 Å². The fraction of sp³-hybridized carbons (Fsp3) is 0.250. The van der Waals surface area contributed by atoms with Crippen LogP contribution < -0.4 is 10.1 Å². The highest BCUT2D eigenvalue weighted by Gasteiger charge is 2.07. The number of nitrogens with one attached hydrogen (secondary N) is 1. The van der Waals surface area contributed by atoms with E-state index in [9.17, 15) is 4.79 Å². The fourth-order valence-electron chi connectivity index (χ4n) is 1.87. The van der Waals surface area contributed by atoms with E-state index in [2.05, 4.69) is 10.3 Å². The van der Waals surface area contributed by atoms with Crippen molar-refractivity contribution >= 4 is 11.6 Å². The van der Waals surface area contributed by atoms with E-state index >= 15 is 0 Å². The van der Waals surface area contributed by atoms with E-state index in [0.717, 1.165) is 5.56 Å². The fourth-order valence-corrected chi connectivity index (χ4v) is 1.87. The third-order valence-electron chi connectivity index (χ3n) is 2.82. The van der Waals surface area contributed by atoms with Crippen molar-refractivity contribution in [2.45, 2.75) is 19.8 Å². The predicted molar refractivity (Wildman–Crippen MR) is 78.8 cm³/mol. The number of benzene rings is 1. The molecule has 0 aliphatic heterocycles. The SMILES string of the molecule is CCOc1ccccc1NC(=O)CCc1cccnc1. The summed E-state index contributed by atoms with van der Waals surface area (Å²) in [5, 5.41) is 2.88. The van der Waals surface area contributed by atoms with E-state index in [4.69, 9.17) is 4.74 Å². The summed E-state index contributed by atoms with van der Waals surface area (Å²) in [5.41, 5.74) is 1.77. The second-order valence-corrected chi connectivity index (χ2v) is 4.34. The number of nitrogens with zero attached hydrogens (tertiary/aromatic N) is 1. The summed E-state index contributed by atoms with van der Waals surface area (Å²) < 4.78 is 5.48. The van der Waals surface area contributed by atoms with Gasteiger partial charge in [-0.2, -0.15) is 0 Å². The summed E-state index contributed by atoms with van der Waals surface area (Å²) in [6, 6.07) is 11.3. The monoisotopic (exact) mass is 270 g/mol. The Labute approximate surface area is 118 Å². The molecular formula is C16H18N2O2. The summed E-state index contributed by atoms with van der Waals surface area (Å²) >= 11 is 0. The molecule has 0 spiro atoms. The van der Waals surface area contributed by atoms with E-state index in [1.54, 1.807) is 12.4 Å². The van der Waals surface area contributed by atoms with Crippen molar-refractivity contribution in [2.75, 3.05) is 11.9 Å². The number of para-hydroxylation sites is 2. The van der Waals surface area contributed by atoms with Crippen molar-refractivity contribution < 1.29 is 9.53 Å². The molecule has 0 unspecified atom stereocenters. The molecular weight excluding hydrogens is 252 g/mol. The minimum Gasteiger partial charge on any atom is -0.492 e. The highest BCUT2D eigenvalue weighted by Crippen LogP contribution is 2.23. The summed E-state index contributed by atoms with van der Waals surface area (Å²) in [4.78, 5) is 16.0. The zero-order chi connectivity index (χ0) is 14.2. The minimum atomic E-state index is -0.0268. The van der Waals surface area contributed by atoms with Gasteiger partial charge in [0.15, 0.2) is 0 Å². The maximum atomic E-state index is 12.0. The van der Waals surface area contributed by atoms with Crippen molar-refractivity contribution in [3.05, 3.63) is 54.4 Å². The molecule has 1 amide bonds. The molecule has 2 rings (SSSR count). The highest BCUT2D eigenvalue weighted by atomic mass is 16.5. The Bertz CT molecular complexity index is 555. The average molecular weight is 270 g/mol. The first-order valence-corrected chi connectivity index (χ1v) is 6.70. The lowest BCUT2D eigenvalue weighted by atomic mass is 10.1. The Hall–Kier alpha value is -2.36. The third kappa shape index (κ3) is 4.09. The van der Waals surface area contributed by atoms with Gasteiger partial charge < -0.3 is 10.1 Å². The Kier molecular flexibility index (Phi) is 5.12. The van der Waals surface area contributed by atoms with Crippen LogP contribution in [0.15, 0.2) is 48.8 Å². The van der Waals surface area contributed by atoms with E-state index in [-0.39, 0.29) is 5.91 Å². The molecule has 0 bridgehead atoms. The second-order valence-electron chi connectivity index (χ2n) is 4.34. The lowest BCUT2D eigenvalue weighted by molar-refractivity contribution is -0.116. The highest BCUT2D eigenvalue weighted by molar-refractivity contribution is 5.92. The number of ether oxygens (including phenoxy) is 1. The van der Waals surface area contributed by atoms with Gasteiger partial charge in [0, 0.05) is 18.8 Å². The lowest BCUT2D eigenvalue weighted by Gasteiger charge is -2.11. The summed E-state index contributed by atoms with van der Waals surface area (Å²) in [6.07, 6.45) is 4.60. The number of carbonyl (C=O) groups is 1. The zero-order valence-electron chi connectivity index (χ0n) is 11.5. The standard InChI is InChI=1S/C16H18N2O2/c1-2-20-15-8-4-3-7-14(15)18-16(19)10-9-13-6-5-11-17-12-13/h3-8,11-12H,2,9-10H2,1H3,(H,18,19). The Morgan fingerprint density at radius 2 is 2.10 bits per heavy atom. The number of pyridine rings is 1. The van der Waals surface area contributed by atoms with Gasteiger partial charge in [0.25, 0.3) is 0 Å². The van der Waals surface area contributed by atoms with Crippen molar-refractivity contribution in [3.8, 4) is 5.75 Å². The van der Waals surface area contributed by atoms with E-state index in [0.29, 0.717) is 30.9 Å². The summed E-state index contributed by atoms with van der Waals surface area (Å²) in [7, 11) is 0. The minimum absolute atomic E-state index is 0.0268. The van der Waals surface area contributed by atoms with Gasteiger partial charge in [-0.3, -0.25) is 9.78 Å². The van der Waals surface area contributed by atoms with Crippen molar-refractivity contribution in [3.63, 3.8) is 0 Å². The van der Waals surface area contributed by atoms with Gasteiger partial charge in [-0.25, -0.2) is 0 Å². The van der Waals surface area contributed by atoms with E-state index < -0.39 is 0 Å². The van der Waals surface area contributed by atoms with Crippen LogP contribution >= 0.6 is 0 Å². The van der Waals surface area contributed by atoms with Crippen molar-refractivity contribution in [1.82, 2.24) is 4.98 Å². The Morgan fingerprint density at radius 1 is 1.25 bits per heavy atom. The van der Waals surface area contributed by atoms with Gasteiger partial charge in [0.2, 0.25) is 5.91 Å². The third-order valence-corrected chi connectivity index (χ3v) is 2.82. The molecule has 1 aromatic carbocycles. The first kappa shape index (κ1) is 14.1. The number of hydrogen-bond donors (Lipinski definition) is 1. The number of amides is 1. The molecule has 1 aromatic heterocycles. The quantitative estimate of drug-likeness (QED) is 0.877. The molecule has 104 valence electrons. The maximum Gasteiger partial charge on any atom is 0.224 e. The molecule has 0 saturated heterocycles. The zero-order valence-corrected chi connectivity index (χ0v) is 11.5. The molecule has 0 radical (unpaired) electrons. The van der Waals surface area contributed by atoms with Gasteiger partial charge >= 0.3 is 0 Å². The van der Waals surface area contributed by atoms with Crippen LogP contribution in [-0.4, -0.2) is 17.5 Å². The van der Waals surface area contributed by atoms with Gasteiger partial charge in [0.1, 0.15) is 5.75 Å². The summed E-state index contributed by atoms with van der Waals surface area (Å²) in [6.45, 7) is 2.49. The lowest BCUT2D eigenvalue weighted by Crippen LogP contribution is -2.13. The average Bonchev–Trinajstić information content (AvgIpc) is 2.49. The predicted octanol–water partition coefficient (Wildman–Crippen LogP) is 3.05. The van der Waals surface area contributed by atoms with Crippen LogP contribution in [0.4, 0.5) is 5.69 Å². The first-order chi connectivity index (χ1) is 9.79. The molecule has 20 heavy (non-hydrogen) atoms. The van der Waals surface area contributed by atoms with Gasteiger partial charge in [-0.15, -0.1) is 0 Å². The molecule has 0 aliphatic rings. The van der Waals surface area contributed by atoms with Crippen LogP contribution in [0.5, 0.6) is 5.75 Å². The molecule has 0 atom stereocenters. The van der Waals surface area contributed by atoms with Gasteiger partial charge in [-0.05, 0) is 37.1 Å². The number of anilines is 1. The van der Waals surface area contributed by atoms with Crippen LogP contribution in [0.2, 0.25) is 0 Å². The normalized spacial score (nSPS) is 10.1. The maximum absolute atomic E-state index is 12.0. The Morgan fingerprint density at radius 3 is 2.85 bits per heavy atom. The van der Waals surface area contributed by atoms with Crippen LogP contribution in [0.1, 0.15) is 18.9 Å². The van der Waals surface area contributed by atoms with Crippen LogP contribution in [0, 0.1) is 0 Å². The molecule has 2 aromatic rings. The van der Waals surface area contributed by atoms with E-state index in [1.165, 1.54) is 0 Å². The van der Waals surface area contributed by atoms with Crippen molar-refractivity contribution in [1.29, 1.82) is 0 Å². The molecule has 4 nitrogen and oxygen atoms in total. The number of aryl methyl sites for hydroxylation is 1. The number of rotatable bonds is 6. The molecule has 1 N–H and O–H groups in total.